The first kappa shape index (κ1) is 17.7. The van der Waals surface area contributed by atoms with E-state index in [-0.39, 0.29) is 5.91 Å². The molecule has 1 heterocycles. The Labute approximate surface area is 152 Å². The highest BCUT2D eigenvalue weighted by Crippen LogP contribution is 2.18. The van der Waals surface area contributed by atoms with Crippen LogP contribution in [0.15, 0.2) is 59.0 Å². The molecule has 6 heteroatoms. The van der Waals surface area contributed by atoms with Crippen LogP contribution in [-0.2, 0) is 11.2 Å². The Morgan fingerprint density at radius 3 is 2.62 bits per heavy atom. The summed E-state index contributed by atoms with van der Waals surface area (Å²) >= 11 is 0. The third-order valence-electron chi connectivity index (χ3n) is 3.77. The fraction of sp³-hybridized carbons (Fsp3) is 0.250. The van der Waals surface area contributed by atoms with Gasteiger partial charge in [0.2, 0.25) is 17.7 Å². The predicted octanol–water partition coefficient (Wildman–Crippen LogP) is 3.17. The third kappa shape index (κ3) is 5.17. The van der Waals surface area contributed by atoms with Gasteiger partial charge in [0.05, 0.1) is 13.0 Å². The van der Waals surface area contributed by atoms with Crippen LogP contribution in [-0.4, -0.2) is 29.3 Å². The van der Waals surface area contributed by atoms with Crippen molar-refractivity contribution < 1.29 is 13.9 Å². The number of carbonyl (C=O) groups excluding carboxylic acids is 1. The molecule has 3 rings (SSSR count). The summed E-state index contributed by atoms with van der Waals surface area (Å²) in [4.78, 5) is 11.8. The molecule has 0 fully saturated rings. The molecule has 1 amide bonds. The van der Waals surface area contributed by atoms with Gasteiger partial charge >= 0.3 is 0 Å². The van der Waals surface area contributed by atoms with Crippen LogP contribution in [0.2, 0.25) is 0 Å². The number of rotatable bonds is 8. The second-order valence-electron chi connectivity index (χ2n) is 5.88. The van der Waals surface area contributed by atoms with Crippen LogP contribution < -0.4 is 10.1 Å². The number of nitrogens with one attached hydrogen (secondary N) is 1. The van der Waals surface area contributed by atoms with E-state index in [9.17, 15) is 4.79 Å². The van der Waals surface area contributed by atoms with E-state index in [0.717, 1.165) is 11.3 Å². The number of amides is 1. The Kier molecular flexibility index (Phi) is 5.98. The van der Waals surface area contributed by atoms with Gasteiger partial charge in [-0.15, -0.1) is 10.2 Å². The molecule has 1 N–H and O–H groups in total. The lowest BCUT2D eigenvalue weighted by molar-refractivity contribution is -0.121. The van der Waals surface area contributed by atoms with Crippen molar-refractivity contribution in [3.8, 4) is 17.2 Å². The Morgan fingerprint density at radius 1 is 1.08 bits per heavy atom. The largest absolute Gasteiger partial charge is 0.493 e. The molecule has 0 saturated heterocycles. The summed E-state index contributed by atoms with van der Waals surface area (Å²) in [5.41, 5.74) is 2.06. The Balaban J connectivity index is 1.38. The minimum absolute atomic E-state index is 0.0702. The Hall–Kier alpha value is -3.15. The Morgan fingerprint density at radius 2 is 1.85 bits per heavy atom. The number of para-hydroxylation sites is 1. The van der Waals surface area contributed by atoms with Gasteiger partial charge in [0.15, 0.2) is 0 Å². The van der Waals surface area contributed by atoms with Crippen LogP contribution in [0.4, 0.5) is 0 Å². The zero-order valence-corrected chi connectivity index (χ0v) is 14.6. The number of hydrogen-bond acceptors (Lipinski definition) is 5. The average molecular weight is 351 g/mol. The van der Waals surface area contributed by atoms with Crippen LogP contribution in [0, 0.1) is 6.92 Å². The van der Waals surface area contributed by atoms with E-state index in [2.05, 4.69) is 15.5 Å². The lowest BCUT2D eigenvalue weighted by Gasteiger charge is -2.06. The van der Waals surface area contributed by atoms with Crippen molar-refractivity contribution in [2.45, 2.75) is 19.8 Å². The minimum Gasteiger partial charge on any atom is -0.493 e. The average Bonchev–Trinajstić information content (AvgIpc) is 3.12. The van der Waals surface area contributed by atoms with E-state index >= 15 is 0 Å². The van der Waals surface area contributed by atoms with Crippen LogP contribution >= 0.6 is 0 Å². The molecule has 26 heavy (non-hydrogen) atoms. The smallest absolute Gasteiger partial charge is 0.247 e. The monoisotopic (exact) mass is 351 g/mol. The molecule has 0 aliphatic rings. The van der Waals surface area contributed by atoms with Crippen LogP contribution in [0.5, 0.6) is 5.75 Å². The number of nitrogens with zero attached hydrogens (tertiary/aromatic N) is 2. The standard InChI is InChI=1S/C20H21N3O3/c1-15-7-9-16(10-8-15)20-23-22-19(26-20)11-13-21-18(24)12-14-25-17-5-3-2-4-6-17/h2-10H,11-14H2,1H3,(H,21,24). The van der Waals surface area contributed by atoms with Gasteiger partial charge in [0.1, 0.15) is 5.75 Å². The molecule has 3 aromatic rings. The summed E-state index contributed by atoms with van der Waals surface area (Å²) in [5, 5.41) is 10.9. The highest BCUT2D eigenvalue weighted by Gasteiger charge is 2.09. The van der Waals surface area contributed by atoms with Crippen molar-refractivity contribution in [3.05, 3.63) is 66.1 Å². The highest BCUT2D eigenvalue weighted by atomic mass is 16.5. The molecule has 0 saturated carbocycles. The van der Waals surface area contributed by atoms with Crippen molar-refractivity contribution in [1.29, 1.82) is 0 Å². The second-order valence-corrected chi connectivity index (χ2v) is 5.88. The number of benzene rings is 2. The molecule has 0 aliphatic carbocycles. The summed E-state index contributed by atoms with van der Waals surface area (Å²) in [7, 11) is 0. The molecule has 1 aromatic heterocycles. The van der Waals surface area contributed by atoms with Crippen molar-refractivity contribution in [1.82, 2.24) is 15.5 Å². The number of ether oxygens (including phenoxy) is 1. The summed E-state index contributed by atoms with van der Waals surface area (Å²) < 4.78 is 11.1. The quantitative estimate of drug-likeness (QED) is 0.674. The molecule has 134 valence electrons. The van der Waals surface area contributed by atoms with E-state index in [0.29, 0.717) is 37.8 Å². The van der Waals surface area contributed by atoms with Gasteiger partial charge in [-0.1, -0.05) is 35.9 Å². The number of hydrogen-bond donors (Lipinski definition) is 1. The van der Waals surface area contributed by atoms with E-state index in [4.69, 9.17) is 9.15 Å². The maximum Gasteiger partial charge on any atom is 0.247 e. The van der Waals surface area contributed by atoms with Gasteiger partial charge in [0, 0.05) is 18.5 Å². The molecule has 0 aliphatic heterocycles. The molecule has 0 radical (unpaired) electrons. The fourth-order valence-electron chi connectivity index (χ4n) is 2.34. The highest BCUT2D eigenvalue weighted by molar-refractivity contribution is 5.75. The van der Waals surface area contributed by atoms with Crippen molar-refractivity contribution in [2.75, 3.05) is 13.2 Å². The van der Waals surface area contributed by atoms with Gasteiger partial charge < -0.3 is 14.5 Å². The number of aryl methyl sites for hydroxylation is 1. The number of aromatic nitrogens is 2. The molecule has 0 atom stereocenters. The lowest BCUT2D eigenvalue weighted by atomic mass is 10.1. The van der Waals surface area contributed by atoms with Crippen LogP contribution in [0.25, 0.3) is 11.5 Å². The van der Waals surface area contributed by atoms with E-state index in [1.165, 1.54) is 5.56 Å². The summed E-state index contributed by atoms with van der Waals surface area (Å²) in [6.07, 6.45) is 0.789. The molecule has 0 unspecified atom stereocenters. The van der Waals surface area contributed by atoms with Gasteiger partial charge in [0.25, 0.3) is 0 Å². The molecule has 2 aromatic carbocycles. The third-order valence-corrected chi connectivity index (χ3v) is 3.77. The Bertz CT molecular complexity index is 829. The summed E-state index contributed by atoms with van der Waals surface area (Å²) in [5.74, 6) is 1.68. The van der Waals surface area contributed by atoms with Gasteiger partial charge in [-0.05, 0) is 31.2 Å². The van der Waals surface area contributed by atoms with E-state index in [1.807, 2.05) is 61.5 Å². The second kappa shape index (κ2) is 8.80. The van der Waals surface area contributed by atoms with Crippen molar-refractivity contribution in [3.63, 3.8) is 0 Å². The van der Waals surface area contributed by atoms with Gasteiger partial charge in [-0.3, -0.25) is 4.79 Å². The van der Waals surface area contributed by atoms with Crippen molar-refractivity contribution in [2.24, 2.45) is 0 Å². The first-order chi connectivity index (χ1) is 12.7. The van der Waals surface area contributed by atoms with Gasteiger partial charge in [-0.25, -0.2) is 0 Å². The van der Waals surface area contributed by atoms with Crippen LogP contribution in [0.3, 0.4) is 0 Å². The maximum atomic E-state index is 11.8. The molecular formula is C20H21N3O3. The van der Waals surface area contributed by atoms with Gasteiger partial charge in [-0.2, -0.15) is 0 Å². The normalized spacial score (nSPS) is 10.5. The zero-order valence-electron chi connectivity index (χ0n) is 14.6. The predicted molar refractivity (Wildman–Crippen MR) is 97.7 cm³/mol. The maximum absolute atomic E-state index is 11.8. The molecule has 0 spiro atoms. The first-order valence-corrected chi connectivity index (χ1v) is 8.55. The SMILES string of the molecule is Cc1ccc(-c2nnc(CCNC(=O)CCOc3ccccc3)o2)cc1. The summed E-state index contributed by atoms with van der Waals surface area (Å²) in [6, 6.07) is 17.3. The summed E-state index contributed by atoms with van der Waals surface area (Å²) in [6.45, 7) is 2.81. The fourth-order valence-corrected chi connectivity index (χ4v) is 2.34. The first-order valence-electron chi connectivity index (χ1n) is 8.55. The zero-order chi connectivity index (χ0) is 18.2. The van der Waals surface area contributed by atoms with Crippen molar-refractivity contribution >= 4 is 5.91 Å². The topological polar surface area (TPSA) is 77.2 Å². The molecule has 6 nitrogen and oxygen atoms in total. The molecule has 0 bridgehead atoms. The lowest BCUT2D eigenvalue weighted by Crippen LogP contribution is -2.27. The van der Waals surface area contributed by atoms with E-state index in [1.54, 1.807) is 0 Å². The van der Waals surface area contributed by atoms with Crippen LogP contribution in [0.1, 0.15) is 17.9 Å². The molecular weight excluding hydrogens is 330 g/mol. The minimum atomic E-state index is -0.0702. The number of carbonyl (C=O) groups is 1. The van der Waals surface area contributed by atoms with E-state index < -0.39 is 0 Å².